The number of aromatic nitrogens is 4. The van der Waals surface area contributed by atoms with E-state index >= 15 is 0 Å². The molecule has 0 unspecified atom stereocenters. The zero-order valence-electron chi connectivity index (χ0n) is 12.4. The predicted molar refractivity (Wildman–Crippen MR) is 79.3 cm³/mol. The van der Waals surface area contributed by atoms with Gasteiger partial charge in [0.05, 0.1) is 23.1 Å². The van der Waals surface area contributed by atoms with Crippen molar-refractivity contribution in [3.8, 4) is 0 Å². The zero-order valence-corrected chi connectivity index (χ0v) is 13.2. The summed E-state index contributed by atoms with van der Waals surface area (Å²) in [7, 11) is 0. The molecule has 0 bridgehead atoms. The molecule has 1 N–H and O–H groups in total. The number of H-pyrrole nitrogens is 1. The van der Waals surface area contributed by atoms with Gasteiger partial charge in [-0.2, -0.15) is 18.3 Å². The molecule has 0 spiro atoms. The number of aryl methyl sites for hydroxylation is 2. The zero-order chi connectivity index (χ0) is 16.6. The van der Waals surface area contributed by atoms with Crippen molar-refractivity contribution < 1.29 is 13.2 Å². The number of aromatic amines is 1. The van der Waals surface area contributed by atoms with Crippen LogP contribution in [0.25, 0.3) is 0 Å². The van der Waals surface area contributed by atoms with E-state index in [1.807, 2.05) is 0 Å². The molecule has 1 aliphatic carbocycles. The van der Waals surface area contributed by atoms with E-state index in [0.29, 0.717) is 23.7 Å². The fourth-order valence-corrected chi connectivity index (χ4v) is 3.61. The van der Waals surface area contributed by atoms with Gasteiger partial charge in [-0.3, -0.25) is 9.48 Å². The first-order valence-electron chi connectivity index (χ1n) is 7.27. The first-order valence-corrected chi connectivity index (χ1v) is 8.25. The van der Waals surface area contributed by atoms with Gasteiger partial charge in [-0.25, -0.2) is 4.98 Å². The fraction of sp³-hybridized carbons (Fsp3) is 0.500. The predicted octanol–water partition coefficient (Wildman–Crippen LogP) is 2.79. The molecule has 0 fully saturated rings. The van der Waals surface area contributed by atoms with Crippen LogP contribution in [0.1, 0.15) is 35.9 Å². The van der Waals surface area contributed by atoms with Crippen LogP contribution in [0, 0.1) is 0 Å². The normalized spacial score (nSPS) is 14.3. The molecule has 0 saturated heterocycles. The lowest BCUT2D eigenvalue weighted by atomic mass is 10.2. The van der Waals surface area contributed by atoms with Crippen molar-refractivity contribution in [2.45, 2.75) is 49.8 Å². The van der Waals surface area contributed by atoms with Crippen molar-refractivity contribution in [1.82, 2.24) is 19.7 Å². The summed E-state index contributed by atoms with van der Waals surface area (Å²) in [6.07, 6.45) is -1.25. The van der Waals surface area contributed by atoms with Crippen LogP contribution in [0.3, 0.4) is 0 Å². The number of halogens is 3. The Kier molecular flexibility index (Phi) is 4.22. The summed E-state index contributed by atoms with van der Waals surface area (Å²) in [6, 6.07) is 0. The van der Waals surface area contributed by atoms with Gasteiger partial charge < -0.3 is 4.98 Å². The largest absolute Gasteiger partial charge is 0.419 e. The third kappa shape index (κ3) is 3.15. The molecular formula is C14H15F3N4OS. The van der Waals surface area contributed by atoms with Gasteiger partial charge >= 0.3 is 6.18 Å². The standard InChI is InChI=1S/C14H15F3N4OS/c1-2-21-11(9(6-18-21)14(15,16)17)7-23-13-19-10-5-3-4-8(10)12(22)20-13/h6H,2-5,7H2,1H3,(H,19,20,22). The number of rotatable bonds is 4. The maximum absolute atomic E-state index is 13.0. The van der Waals surface area contributed by atoms with Crippen molar-refractivity contribution in [1.29, 1.82) is 0 Å². The molecule has 9 heteroatoms. The number of thioether (sulfide) groups is 1. The van der Waals surface area contributed by atoms with Gasteiger partial charge in [0.2, 0.25) is 0 Å². The first-order chi connectivity index (χ1) is 10.9. The maximum Gasteiger partial charge on any atom is 0.419 e. The van der Waals surface area contributed by atoms with Crippen LogP contribution in [0.5, 0.6) is 0 Å². The van der Waals surface area contributed by atoms with Gasteiger partial charge in [-0.05, 0) is 26.2 Å². The minimum atomic E-state index is -4.44. The molecule has 124 valence electrons. The van der Waals surface area contributed by atoms with E-state index < -0.39 is 11.7 Å². The van der Waals surface area contributed by atoms with Gasteiger partial charge in [0.25, 0.3) is 5.56 Å². The Morgan fingerprint density at radius 1 is 1.39 bits per heavy atom. The molecule has 5 nitrogen and oxygen atoms in total. The molecule has 2 aromatic heterocycles. The second-order valence-electron chi connectivity index (χ2n) is 5.26. The molecule has 2 heterocycles. The Hall–Kier alpha value is -1.77. The van der Waals surface area contributed by atoms with E-state index in [9.17, 15) is 18.0 Å². The van der Waals surface area contributed by atoms with Crippen molar-refractivity contribution in [3.05, 3.63) is 39.1 Å². The molecule has 0 amide bonds. The van der Waals surface area contributed by atoms with Gasteiger partial charge in [0.1, 0.15) is 0 Å². The minimum absolute atomic E-state index is 0.0460. The molecule has 0 aliphatic heterocycles. The van der Waals surface area contributed by atoms with Crippen molar-refractivity contribution in [2.75, 3.05) is 0 Å². The van der Waals surface area contributed by atoms with Gasteiger partial charge in [0.15, 0.2) is 5.16 Å². The fourth-order valence-electron chi connectivity index (χ4n) is 2.70. The summed E-state index contributed by atoms with van der Waals surface area (Å²) in [6.45, 7) is 2.08. The second-order valence-corrected chi connectivity index (χ2v) is 6.22. The number of alkyl halides is 3. The maximum atomic E-state index is 13.0. The van der Waals surface area contributed by atoms with Gasteiger partial charge in [0, 0.05) is 17.9 Å². The third-order valence-electron chi connectivity index (χ3n) is 3.82. The van der Waals surface area contributed by atoms with E-state index in [0.717, 1.165) is 36.5 Å². The highest BCUT2D eigenvalue weighted by Crippen LogP contribution is 2.34. The third-order valence-corrected chi connectivity index (χ3v) is 4.70. The highest BCUT2D eigenvalue weighted by Gasteiger charge is 2.36. The number of nitrogens with one attached hydrogen (secondary N) is 1. The monoisotopic (exact) mass is 344 g/mol. The summed E-state index contributed by atoms with van der Waals surface area (Å²) in [5.74, 6) is 0.0460. The highest BCUT2D eigenvalue weighted by molar-refractivity contribution is 7.98. The Bertz CT molecular complexity index is 781. The van der Waals surface area contributed by atoms with Gasteiger partial charge in [-0.1, -0.05) is 11.8 Å². The molecule has 0 aromatic carbocycles. The van der Waals surface area contributed by atoms with Crippen LogP contribution in [0.2, 0.25) is 0 Å². The van der Waals surface area contributed by atoms with Crippen molar-refractivity contribution in [2.24, 2.45) is 0 Å². The lowest BCUT2D eigenvalue weighted by Gasteiger charge is -2.10. The van der Waals surface area contributed by atoms with E-state index in [-0.39, 0.29) is 17.0 Å². The van der Waals surface area contributed by atoms with Crippen LogP contribution in [-0.2, 0) is 31.3 Å². The number of fused-ring (bicyclic) bond motifs is 1. The average Bonchev–Trinajstić information content (AvgIpc) is 3.10. The number of hydrogen-bond acceptors (Lipinski definition) is 4. The molecule has 23 heavy (non-hydrogen) atoms. The van der Waals surface area contributed by atoms with Crippen LogP contribution in [0.4, 0.5) is 13.2 Å². The van der Waals surface area contributed by atoms with Crippen LogP contribution < -0.4 is 5.56 Å². The molecule has 0 atom stereocenters. The highest BCUT2D eigenvalue weighted by atomic mass is 32.2. The molecule has 0 radical (unpaired) electrons. The Labute approximate surface area is 134 Å². The van der Waals surface area contributed by atoms with Gasteiger partial charge in [-0.15, -0.1) is 0 Å². The quantitative estimate of drug-likeness (QED) is 0.684. The molecule has 1 aliphatic rings. The van der Waals surface area contributed by atoms with Crippen molar-refractivity contribution in [3.63, 3.8) is 0 Å². The van der Waals surface area contributed by atoms with E-state index in [2.05, 4.69) is 15.1 Å². The molecular weight excluding hydrogens is 329 g/mol. The lowest BCUT2D eigenvalue weighted by molar-refractivity contribution is -0.138. The number of hydrogen-bond donors (Lipinski definition) is 1. The van der Waals surface area contributed by atoms with E-state index in [4.69, 9.17) is 0 Å². The van der Waals surface area contributed by atoms with Crippen LogP contribution in [0.15, 0.2) is 16.1 Å². The average molecular weight is 344 g/mol. The first kappa shape index (κ1) is 16.1. The Morgan fingerprint density at radius 3 is 2.87 bits per heavy atom. The number of nitrogens with zero attached hydrogens (tertiary/aromatic N) is 3. The SMILES string of the molecule is CCn1ncc(C(F)(F)F)c1CSc1nc2c(c(=O)[nH]1)CCC2. The summed E-state index contributed by atoms with van der Waals surface area (Å²) >= 11 is 1.09. The molecule has 0 saturated carbocycles. The van der Waals surface area contributed by atoms with Crippen molar-refractivity contribution >= 4 is 11.8 Å². The van der Waals surface area contributed by atoms with E-state index in [1.165, 1.54) is 4.68 Å². The van der Waals surface area contributed by atoms with E-state index in [1.54, 1.807) is 6.92 Å². The molecule has 3 rings (SSSR count). The smallest absolute Gasteiger partial charge is 0.301 e. The Morgan fingerprint density at radius 2 is 2.17 bits per heavy atom. The summed E-state index contributed by atoms with van der Waals surface area (Å²) in [5.41, 5.74) is 0.624. The summed E-state index contributed by atoms with van der Waals surface area (Å²) in [5, 5.41) is 4.13. The topological polar surface area (TPSA) is 63.6 Å². The van der Waals surface area contributed by atoms with Crippen LogP contribution in [-0.4, -0.2) is 19.7 Å². The summed E-state index contributed by atoms with van der Waals surface area (Å²) in [4.78, 5) is 18.9. The molecule has 2 aromatic rings. The minimum Gasteiger partial charge on any atom is -0.301 e. The summed E-state index contributed by atoms with van der Waals surface area (Å²) < 4.78 is 40.4. The lowest BCUT2D eigenvalue weighted by Crippen LogP contribution is -2.15. The van der Waals surface area contributed by atoms with Crippen LogP contribution >= 0.6 is 11.8 Å². The Balaban J connectivity index is 1.85. The second kappa shape index (κ2) is 6.03.